The quantitative estimate of drug-likeness (QED) is 0.934. The number of fused-ring (bicyclic) bond motifs is 1. The lowest BCUT2D eigenvalue weighted by molar-refractivity contribution is 0.204. The molecule has 0 fully saturated rings. The van der Waals surface area contributed by atoms with Crippen molar-refractivity contribution in [3.05, 3.63) is 48.2 Å². The smallest absolute Gasteiger partial charge is 0.0947 e. The summed E-state index contributed by atoms with van der Waals surface area (Å²) in [6.07, 6.45) is 6.25. The van der Waals surface area contributed by atoms with E-state index in [9.17, 15) is 5.11 Å². The van der Waals surface area contributed by atoms with E-state index in [0.717, 1.165) is 37.4 Å². The Morgan fingerprint density at radius 3 is 3.10 bits per heavy atom. The first-order valence-corrected chi connectivity index (χ1v) is 7.29. The van der Waals surface area contributed by atoms with E-state index in [4.69, 9.17) is 4.42 Å². The first-order chi connectivity index (χ1) is 10.3. The molecule has 0 spiro atoms. The maximum absolute atomic E-state index is 9.65. The molecule has 1 N–H and O–H groups in total. The lowest BCUT2D eigenvalue weighted by atomic mass is 10.1. The van der Waals surface area contributed by atoms with Crippen LogP contribution in [0.5, 0.6) is 0 Å². The zero-order valence-corrected chi connectivity index (χ0v) is 12.3. The predicted molar refractivity (Wildman–Crippen MR) is 81.0 cm³/mol. The van der Waals surface area contributed by atoms with Crippen molar-refractivity contribution in [2.75, 3.05) is 25.1 Å². The van der Waals surface area contributed by atoms with Gasteiger partial charge in [0.05, 0.1) is 36.6 Å². The van der Waals surface area contributed by atoms with Gasteiger partial charge in [-0.3, -0.25) is 9.88 Å². The summed E-state index contributed by atoms with van der Waals surface area (Å²) < 4.78 is 5.15. The summed E-state index contributed by atoms with van der Waals surface area (Å²) in [5.41, 5.74) is 3.33. The van der Waals surface area contributed by atoms with Crippen molar-refractivity contribution in [3.8, 4) is 0 Å². The summed E-state index contributed by atoms with van der Waals surface area (Å²) in [6, 6.07) is 6.14. The van der Waals surface area contributed by atoms with E-state index in [-0.39, 0.29) is 12.6 Å². The van der Waals surface area contributed by atoms with Gasteiger partial charge in [0.1, 0.15) is 0 Å². The molecule has 1 atom stereocenters. The molecule has 112 valence electrons. The number of hydrogen-bond acceptors (Lipinski definition) is 5. The zero-order chi connectivity index (χ0) is 14.7. The molecule has 2 aromatic rings. The molecule has 1 unspecified atom stereocenters. The molecule has 0 aliphatic carbocycles. The molecular formula is C16H21N3O2. The summed E-state index contributed by atoms with van der Waals surface area (Å²) in [6.45, 7) is 2.74. The molecular weight excluding hydrogens is 266 g/mol. The Morgan fingerprint density at radius 2 is 2.33 bits per heavy atom. The van der Waals surface area contributed by atoms with Crippen LogP contribution >= 0.6 is 0 Å². The number of pyridine rings is 1. The van der Waals surface area contributed by atoms with Crippen molar-refractivity contribution >= 4 is 5.69 Å². The van der Waals surface area contributed by atoms with E-state index in [1.165, 1.54) is 5.56 Å². The van der Waals surface area contributed by atoms with Gasteiger partial charge >= 0.3 is 0 Å². The fourth-order valence-corrected chi connectivity index (χ4v) is 2.87. The van der Waals surface area contributed by atoms with Gasteiger partial charge in [-0.15, -0.1) is 0 Å². The maximum Gasteiger partial charge on any atom is 0.0947 e. The lowest BCUT2D eigenvalue weighted by Crippen LogP contribution is -2.41. The Morgan fingerprint density at radius 1 is 1.43 bits per heavy atom. The van der Waals surface area contributed by atoms with Gasteiger partial charge in [-0.1, -0.05) is 0 Å². The van der Waals surface area contributed by atoms with Gasteiger partial charge in [0, 0.05) is 38.4 Å². The third-order valence-corrected chi connectivity index (χ3v) is 4.14. The van der Waals surface area contributed by atoms with Crippen LogP contribution < -0.4 is 4.90 Å². The molecule has 21 heavy (non-hydrogen) atoms. The molecule has 1 aliphatic heterocycles. The number of furan rings is 1. The molecule has 2 aromatic heterocycles. The van der Waals surface area contributed by atoms with Crippen molar-refractivity contribution in [2.45, 2.75) is 25.6 Å². The minimum absolute atomic E-state index is 0.125. The van der Waals surface area contributed by atoms with Crippen LogP contribution in [-0.4, -0.2) is 41.2 Å². The van der Waals surface area contributed by atoms with Crippen molar-refractivity contribution < 1.29 is 9.52 Å². The summed E-state index contributed by atoms with van der Waals surface area (Å²) in [5, 5.41) is 9.65. The lowest BCUT2D eigenvalue weighted by Gasteiger charge is -2.35. The SMILES string of the molecule is CN1c2cccnc2CN(Cc2ccoc2)CCC1CO. The highest BCUT2D eigenvalue weighted by molar-refractivity contribution is 5.51. The molecule has 0 saturated heterocycles. The number of aliphatic hydroxyl groups is 1. The number of hydrogen-bond donors (Lipinski definition) is 1. The van der Waals surface area contributed by atoms with Crippen LogP contribution in [0.15, 0.2) is 41.3 Å². The van der Waals surface area contributed by atoms with Crippen LogP contribution in [0.1, 0.15) is 17.7 Å². The number of aliphatic hydroxyl groups excluding tert-OH is 1. The van der Waals surface area contributed by atoms with Gasteiger partial charge in [0.2, 0.25) is 0 Å². The second kappa shape index (κ2) is 6.28. The molecule has 3 heterocycles. The van der Waals surface area contributed by atoms with Gasteiger partial charge in [-0.25, -0.2) is 0 Å². The number of nitrogens with zero attached hydrogens (tertiary/aromatic N) is 3. The molecule has 0 radical (unpaired) electrons. The Bertz CT molecular complexity index is 571. The normalized spacial score (nSPS) is 19.9. The molecule has 5 heteroatoms. The maximum atomic E-state index is 9.65. The van der Waals surface area contributed by atoms with Crippen molar-refractivity contribution in [1.82, 2.24) is 9.88 Å². The van der Waals surface area contributed by atoms with E-state index >= 15 is 0 Å². The van der Waals surface area contributed by atoms with Crippen LogP contribution in [0.25, 0.3) is 0 Å². The molecule has 1 aliphatic rings. The topological polar surface area (TPSA) is 52.7 Å². The summed E-state index contributed by atoms with van der Waals surface area (Å²) in [5.74, 6) is 0. The first-order valence-electron chi connectivity index (χ1n) is 7.29. The average Bonchev–Trinajstić information content (AvgIpc) is 2.99. The Balaban J connectivity index is 1.85. The highest BCUT2D eigenvalue weighted by atomic mass is 16.3. The fraction of sp³-hybridized carbons (Fsp3) is 0.438. The number of aromatic nitrogens is 1. The second-order valence-corrected chi connectivity index (χ2v) is 5.55. The summed E-state index contributed by atoms with van der Waals surface area (Å²) in [7, 11) is 2.03. The Labute approximate surface area is 124 Å². The monoisotopic (exact) mass is 287 g/mol. The highest BCUT2D eigenvalue weighted by Gasteiger charge is 2.23. The Hall–Kier alpha value is -1.85. The third-order valence-electron chi connectivity index (χ3n) is 4.14. The van der Waals surface area contributed by atoms with E-state index in [2.05, 4.69) is 20.9 Å². The van der Waals surface area contributed by atoms with Crippen molar-refractivity contribution in [2.24, 2.45) is 0 Å². The van der Waals surface area contributed by atoms with Crippen molar-refractivity contribution in [3.63, 3.8) is 0 Å². The first kappa shape index (κ1) is 14.1. The standard InChI is InChI=1S/C16H21N3O2/c1-18-14(11-20)4-7-19(9-13-5-8-21-12-13)10-15-16(18)3-2-6-17-15/h2-3,5-6,8,12,14,20H,4,7,9-11H2,1H3. The van der Waals surface area contributed by atoms with E-state index < -0.39 is 0 Å². The van der Waals surface area contributed by atoms with Crippen LogP contribution in [0.2, 0.25) is 0 Å². The minimum atomic E-state index is 0.125. The highest BCUT2D eigenvalue weighted by Crippen LogP contribution is 2.25. The number of anilines is 1. The number of likely N-dealkylation sites (N-methyl/N-ethyl adjacent to an activating group) is 1. The largest absolute Gasteiger partial charge is 0.472 e. The average molecular weight is 287 g/mol. The van der Waals surface area contributed by atoms with Gasteiger partial charge in [0.15, 0.2) is 0 Å². The molecule has 0 aromatic carbocycles. The van der Waals surface area contributed by atoms with Gasteiger partial charge in [-0.2, -0.15) is 0 Å². The molecule has 5 nitrogen and oxygen atoms in total. The second-order valence-electron chi connectivity index (χ2n) is 5.55. The molecule has 0 bridgehead atoms. The Kier molecular flexibility index (Phi) is 4.22. The predicted octanol–water partition coefficient (Wildman–Crippen LogP) is 1.88. The van der Waals surface area contributed by atoms with Gasteiger partial charge in [0.25, 0.3) is 0 Å². The molecule has 0 saturated carbocycles. The summed E-state index contributed by atoms with van der Waals surface area (Å²) in [4.78, 5) is 9.04. The number of rotatable bonds is 3. The zero-order valence-electron chi connectivity index (χ0n) is 12.3. The fourth-order valence-electron chi connectivity index (χ4n) is 2.87. The van der Waals surface area contributed by atoms with Gasteiger partial charge in [-0.05, 0) is 24.6 Å². The van der Waals surface area contributed by atoms with E-state index in [0.29, 0.717) is 0 Å². The van der Waals surface area contributed by atoms with E-state index in [1.54, 1.807) is 12.5 Å². The van der Waals surface area contributed by atoms with E-state index in [1.807, 2.05) is 25.4 Å². The minimum Gasteiger partial charge on any atom is -0.472 e. The van der Waals surface area contributed by atoms with Crippen LogP contribution in [0.4, 0.5) is 5.69 Å². The third kappa shape index (κ3) is 3.09. The molecule has 3 rings (SSSR count). The molecule has 0 amide bonds. The summed E-state index contributed by atoms with van der Waals surface area (Å²) >= 11 is 0. The van der Waals surface area contributed by atoms with Crippen LogP contribution in [-0.2, 0) is 13.1 Å². The van der Waals surface area contributed by atoms with Crippen LogP contribution in [0, 0.1) is 0 Å². The van der Waals surface area contributed by atoms with Crippen LogP contribution in [0.3, 0.4) is 0 Å². The van der Waals surface area contributed by atoms with Crippen molar-refractivity contribution in [1.29, 1.82) is 0 Å². The van der Waals surface area contributed by atoms with Gasteiger partial charge < -0.3 is 14.4 Å².